The molecule has 0 radical (unpaired) electrons. The zero-order valence-electron chi connectivity index (χ0n) is 11.7. The summed E-state index contributed by atoms with van der Waals surface area (Å²) in [6.07, 6.45) is 0. The molecule has 0 aliphatic rings. The topological polar surface area (TPSA) is 61.5 Å². The van der Waals surface area contributed by atoms with E-state index in [4.69, 9.17) is 15.2 Å². The highest BCUT2D eigenvalue weighted by molar-refractivity contribution is 6.03. The summed E-state index contributed by atoms with van der Waals surface area (Å²) in [4.78, 5) is 12.4. The van der Waals surface area contributed by atoms with E-state index in [0.29, 0.717) is 17.1 Å². The van der Waals surface area contributed by atoms with Gasteiger partial charge in [-0.1, -0.05) is 13.8 Å². The summed E-state index contributed by atoms with van der Waals surface area (Å²) in [6.45, 7) is 5.83. The van der Waals surface area contributed by atoms with Crippen LogP contribution in [0, 0.1) is 12.3 Å². The molecule has 0 saturated heterocycles. The van der Waals surface area contributed by atoms with E-state index in [9.17, 15) is 4.79 Å². The van der Waals surface area contributed by atoms with Gasteiger partial charge in [0.05, 0.1) is 19.8 Å². The Hall–Kier alpha value is -1.55. The van der Waals surface area contributed by atoms with Crippen molar-refractivity contribution >= 4 is 5.78 Å². The van der Waals surface area contributed by atoms with Crippen molar-refractivity contribution in [3.8, 4) is 11.5 Å². The second-order valence-electron chi connectivity index (χ2n) is 4.94. The molecular formula is C14H21NO3. The first kappa shape index (κ1) is 14.5. The van der Waals surface area contributed by atoms with Crippen LogP contribution >= 0.6 is 0 Å². The molecule has 1 aromatic carbocycles. The van der Waals surface area contributed by atoms with Gasteiger partial charge in [0.15, 0.2) is 5.78 Å². The SMILES string of the molecule is COc1cc(C(=O)C(C)(C)CN)c(OC)cc1C. The van der Waals surface area contributed by atoms with Crippen molar-refractivity contribution in [2.24, 2.45) is 11.1 Å². The van der Waals surface area contributed by atoms with Gasteiger partial charge >= 0.3 is 0 Å². The summed E-state index contributed by atoms with van der Waals surface area (Å²) >= 11 is 0. The highest BCUT2D eigenvalue weighted by atomic mass is 16.5. The Morgan fingerprint density at radius 2 is 1.78 bits per heavy atom. The number of Topliss-reactive ketones (excluding diaryl/α,β-unsaturated/α-hetero) is 1. The van der Waals surface area contributed by atoms with Crippen LogP contribution in [0.1, 0.15) is 29.8 Å². The average molecular weight is 251 g/mol. The lowest BCUT2D eigenvalue weighted by Crippen LogP contribution is -2.33. The monoisotopic (exact) mass is 251 g/mol. The van der Waals surface area contributed by atoms with Crippen molar-refractivity contribution in [3.63, 3.8) is 0 Å². The van der Waals surface area contributed by atoms with E-state index in [1.54, 1.807) is 26.4 Å². The second-order valence-corrected chi connectivity index (χ2v) is 4.94. The van der Waals surface area contributed by atoms with Crippen molar-refractivity contribution in [2.45, 2.75) is 20.8 Å². The van der Waals surface area contributed by atoms with Crippen LogP contribution in [0.5, 0.6) is 11.5 Å². The van der Waals surface area contributed by atoms with E-state index >= 15 is 0 Å². The van der Waals surface area contributed by atoms with Gasteiger partial charge in [0.25, 0.3) is 0 Å². The number of ketones is 1. The number of aryl methyl sites for hydroxylation is 1. The lowest BCUT2D eigenvalue weighted by atomic mass is 9.83. The van der Waals surface area contributed by atoms with E-state index in [0.717, 1.165) is 5.56 Å². The molecule has 0 aliphatic heterocycles. The van der Waals surface area contributed by atoms with Crippen molar-refractivity contribution < 1.29 is 14.3 Å². The van der Waals surface area contributed by atoms with Crippen LogP contribution in [0.2, 0.25) is 0 Å². The van der Waals surface area contributed by atoms with E-state index in [1.807, 2.05) is 20.8 Å². The first-order valence-corrected chi connectivity index (χ1v) is 5.85. The summed E-state index contributed by atoms with van der Waals surface area (Å²) in [5, 5.41) is 0. The minimum Gasteiger partial charge on any atom is -0.496 e. The van der Waals surface area contributed by atoms with Crippen molar-refractivity contribution in [3.05, 3.63) is 23.3 Å². The fourth-order valence-corrected chi connectivity index (χ4v) is 1.69. The molecule has 1 aromatic rings. The summed E-state index contributed by atoms with van der Waals surface area (Å²) in [5.74, 6) is 1.19. The molecule has 4 nitrogen and oxygen atoms in total. The fourth-order valence-electron chi connectivity index (χ4n) is 1.69. The molecule has 1 rings (SSSR count). The van der Waals surface area contributed by atoms with Gasteiger partial charge in [0.2, 0.25) is 0 Å². The molecule has 100 valence electrons. The van der Waals surface area contributed by atoms with Crippen molar-refractivity contribution in [2.75, 3.05) is 20.8 Å². The number of carbonyl (C=O) groups is 1. The Morgan fingerprint density at radius 3 is 2.22 bits per heavy atom. The van der Waals surface area contributed by atoms with Crippen LogP contribution in [-0.2, 0) is 0 Å². The molecule has 2 N–H and O–H groups in total. The van der Waals surface area contributed by atoms with Crippen LogP contribution in [0.25, 0.3) is 0 Å². The molecule has 0 fully saturated rings. The lowest BCUT2D eigenvalue weighted by molar-refractivity contribution is 0.0844. The summed E-state index contributed by atoms with van der Waals surface area (Å²) < 4.78 is 10.5. The van der Waals surface area contributed by atoms with E-state index < -0.39 is 5.41 Å². The van der Waals surface area contributed by atoms with Crippen molar-refractivity contribution in [1.82, 2.24) is 0 Å². The molecule has 0 saturated carbocycles. The summed E-state index contributed by atoms with van der Waals surface area (Å²) in [6, 6.07) is 3.52. The van der Waals surface area contributed by atoms with Gasteiger partial charge < -0.3 is 15.2 Å². The van der Waals surface area contributed by atoms with Gasteiger partial charge in [-0.25, -0.2) is 0 Å². The Kier molecular flexibility index (Phi) is 4.35. The Labute approximate surface area is 108 Å². The number of ether oxygens (including phenoxy) is 2. The minimum absolute atomic E-state index is 0.0415. The van der Waals surface area contributed by atoms with Crippen LogP contribution < -0.4 is 15.2 Å². The van der Waals surface area contributed by atoms with Gasteiger partial charge in [-0.2, -0.15) is 0 Å². The molecule has 0 unspecified atom stereocenters. The molecule has 0 bridgehead atoms. The van der Waals surface area contributed by atoms with E-state index in [2.05, 4.69) is 0 Å². The Bertz CT molecular complexity index is 453. The third-order valence-corrected chi connectivity index (χ3v) is 3.09. The zero-order chi connectivity index (χ0) is 13.9. The largest absolute Gasteiger partial charge is 0.496 e. The maximum absolute atomic E-state index is 12.4. The maximum Gasteiger partial charge on any atom is 0.173 e. The molecule has 0 amide bonds. The van der Waals surface area contributed by atoms with Crippen molar-refractivity contribution in [1.29, 1.82) is 0 Å². The Morgan fingerprint density at radius 1 is 1.22 bits per heavy atom. The molecule has 0 aliphatic carbocycles. The van der Waals surface area contributed by atoms with Crippen LogP contribution in [0.4, 0.5) is 0 Å². The molecule has 4 heteroatoms. The first-order valence-electron chi connectivity index (χ1n) is 5.85. The quantitative estimate of drug-likeness (QED) is 0.815. The predicted octanol–water partition coefficient (Wildman–Crippen LogP) is 2.18. The first-order chi connectivity index (χ1) is 8.37. The third-order valence-electron chi connectivity index (χ3n) is 3.09. The summed E-state index contributed by atoms with van der Waals surface area (Å²) in [5.41, 5.74) is 6.46. The Balaban J connectivity index is 3.34. The number of nitrogens with two attached hydrogens (primary N) is 1. The average Bonchev–Trinajstić information content (AvgIpc) is 2.37. The minimum atomic E-state index is -0.618. The van der Waals surface area contributed by atoms with Crippen LogP contribution in [0.3, 0.4) is 0 Å². The van der Waals surface area contributed by atoms with Crippen LogP contribution in [-0.4, -0.2) is 26.5 Å². The third kappa shape index (κ3) is 2.64. The van der Waals surface area contributed by atoms with Gasteiger partial charge in [-0.05, 0) is 24.6 Å². The number of benzene rings is 1. The molecule has 0 heterocycles. The normalized spacial score (nSPS) is 11.2. The molecule has 18 heavy (non-hydrogen) atoms. The van der Waals surface area contributed by atoms with Gasteiger partial charge in [0, 0.05) is 12.0 Å². The number of carbonyl (C=O) groups excluding carboxylic acids is 1. The van der Waals surface area contributed by atoms with Gasteiger partial charge in [-0.15, -0.1) is 0 Å². The lowest BCUT2D eigenvalue weighted by Gasteiger charge is -2.22. The number of methoxy groups -OCH3 is 2. The number of rotatable bonds is 5. The van der Waals surface area contributed by atoms with E-state index in [-0.39, 0.29) is 12.3 Å². The maximum atomic E-state index is 12.4. The smallest absolute Gasteiger partial charge is 0.173 e. The van der Waals surface area contributed by atoms with Gasteiger partial charge in [0.1, 0.15) is 11.5 Å². The fraction of sp³-hybridized carbons (Fsp3) is 0.500. The summed E-state index contributed by atoms with van der Waals surface area (Å²) in [7, 11) is 3.13. The zero-order valence-corrected chi connectivity index (χ0v) is 11.7. The van der Waals surface area contributed by atoms with Crippen LogP contribution in [0.15, 0.2) is 12.1 Å². The molecule has 0 spiro atoms. The number of hydrogen-bond acceptors (Lipinski definition) is 4. The molecule has 0 aromatic heterocycles. The van der Waals surface area contributed by atoms with Gasteiger partial charge in [-0.3, -0.25) is 4.79 Å². The second kappa shape index (κ2) is 5.40. The highest BCUT2D eigenvalue weighted by Gasteiger charge is 2.30. The van der Waals surface area contributed by atoms with E-state index in [1.165, 1.54) is 0 Å². The molecular weight excluding hydrogens is 230 g/mol. The number of hydrogen-bond donors (Lipinski definition) is 1. The predicted molar refractivity (Wildman–Crippen MR) is 71.4 cm³/mol. The molecule has 0 atom stereocenters. The standard InChI is InChI=1S/C14H21NO3/c1-9-6-12(18-5)10(7-11(9)17-4)13(16)14(2,3)8-15/h6-7H,8,15H2,1-5H3. The highest BCUT2D eigenvalue weighted by Crippen LogP contribution is 2.32.